The largest absolute Gasteiger partial charge is 0.497 e. The number of benzene rings is 1. The molecule has 0 spiro atoms. The summed E-state index contributed by atoms with van der Waals surface area (Å²) in [7, 11) is 1.65. The molecule has 0 radical (unpaired) electrons. The summed E-state index contributed by atoms with van der Waals surface area (Å²) < 4.78 is 11.8. The molecule has 0 unspecified atom stereocenters. The van der Waals surface area contributed by atoms with E-state index >= 15 is 0 Å². The maximum Gasteiger partial charge on any atom is 0.307 e. The minimum atomic E-state index is -0.187. The number of tetrazole rings is 1. The molecular weight excluding hydrogens is 342 g/mol. The first-order valence-corrected chi connectivity index (χ1v) is 9.09. The average Bonchev–Trinajstić information content (AvgIpc) is 3.08. The third-order valence-electron chi connectivity index (χ3n) is 3.34. The molecule has 2 aromatic rings. The highest BCUT2D eigenvalue weighted by atomic mass is 32.2. The Hall–Kier alpha value is -2.13. The number of rotatable bonds is 11. The molecule has 136 valence electrons. The molecule has 9 heteroatoms. The van der Waals surface area contributed by atoms with Gasteiger partial charge in [-0.1, -0.05) is 23.9 Å². The van der Waals surface area contributed by atoms with E-state index in [1.54, 1.807) is 30.5 Å². The van der Waals surface area contributed by atoms with Gasteiger partial charge in [-0.3, -0.25) is 4.79 Å². The van der Waals surface area contributed by atoms with Gasteiger partial charge in [0.15, 0.2) is 0 Å². The van der Waals surface area contributed by atoms with E-state index in [0.29, 0.717) is 32.7 Å². The molecular formula is C16H23N5O3S. The van der Waals surface area contributed by atoms with E-state index in [2.05, 4.69) is 20.8 Å². The lowest BCUT2D eigenvalue weighted by molar-refractivity contribution is -0.142. The predicted octanol–water partition coefficient (Wildman–Crippen LogP) is 1.52. The van der Waals surface area contributed by atoms with Crippen molar-refractivity contribution in [2.45, 2.75) is 30.8 Å². The van der Waals surface area contributed by atoms with Crippen LogP contribution in [0.1, 0.15) is 18.9 Å². The van der Waals surface area contributed by atoms with Gasteiger partial charge in [0.25, 0.3) is 0 Å². The number of esters is 1. The molecule has 1 aromatic heterocycles. The van der Waals surface area contributed by atoms with Crippen LogP contribution in [-0.2, 0) is 21.8 Å². The first kappa shape index (κ1) is 19.2. The molecule has 0 bridgehead atoms. The highest BCUT2D eigenvalue weighted by molar-refractivity contribution is 7.98. The molecule has 1 heterocycles. The van der Waals surface area contributed by atoms with Gasteiger partial charge in [-0.15, -0.1) is 5.10 Å². The van der Waals surface area contributed by atoms with Gasteiger partial charge < -0.3 is 14.8 Å². The van der Waals surface area contributed by atoms with Crippen LogP contribution in [0.3, 0.4) is 0 Å². The molecule has 0 saturated carbocycles. The highest BCUT2D eigenvalue weighted by Gasteiger charge is 2.07. The minimum Gasteiger partial charge on any atom is -0.497 e. The number of aromatic nitrogens is 4. The Bertz CT molecular complexity index is 647. The second-order valence-corrected chi connectivity index (χ2v) is 6.07. The molecule has 0 aliphatic carbocycles. The lowest BCUT2D eigenvalue weighted by Gasteiger charge is -2.07. The van der Waals surface area contributed by atoms with Crippen molar-refractivity contribution in [2.24, 2.45) is 0 Å². The molecule has 0 fully saturated rings. The van der Waals surface area contributed by atoms with Gasteiger partial charge >= 0.3 is 5.97 Å². The van der Waals surface area contributed by atoms with Crippen molar-refractivity contribution in [3.63, 3.8) is 0 Å². The SMILES string of the molecule is CCOC(=O)CCNCCn1nnnc1SCc1ccc(OC)cc1. The second kappa shape index (κ2) is 10.7. The van der Waals surface area contributed by atoms with E-state index in [4.69, 9.17) is 9.47 Å². The topological polar surface area (TPSA) is 91.2 Å². The van der Waals surface area contributed by atoms with Crippen LogP contribution in [0.2, 0.25) is 0 Å². The Morgan fingerprint density at radius 2 is 2.08 bits per heavy atom. The number of hydrogen-bond donors (Lipinski definition) is 1. The summed E-state index contributed by atoms with van der Waals surface area (Å²) in [5.74, 6) is 1.43. The van der Waals surface area contributed by atoms with E-state index in [0.717, 1.165) is 16.7 Å². The van der Waals surface area contributed by atoms with Crippen LogP contribution in [0.5, 0.6) is 5.75 Å². The third kappa shape index (κ3) is 6.71. The Morgan fingerprint density at radius 1 is 1.28 bits per heavy atom. The molecule has 1 aromatic carbocycles. The van der Waals surface area contributed by atoms with Gasteiger partial charge in [0.2, 0.25) is 5.16 Å². The number of nitrogens with zero attached hydrogens (tertiary/aromatic N) is 4. The van der Waals surface area contributed by atoms with Crippen LogP contribution in [0, 0.1) is 0 Å². The van der Waals surface area contributed by atoms with E-state index < -0.39 is 0 Å². The van der Waals surface area contributed by atoms with Crippen molar-refractivity contribution < 1.29 is 14.3 Å². The van der Waals surface area contributed by atoms with Crippen LogP contribution >= 0.6 is 11.8 Å². The van der Waals surface area contributed by atoms with Gasteiger partial charge in [-0.2, -0.15) is 0 Å². The number of hydrogen-bond acceptors (Lipinski definition) is 8. The van der Waals surface area contributed by atoms with Gasteiger partial charge in [0, 0.05) is 18.8 Å². The lowest BCUT2D eigenvalue weighted by atomic mass is 10.2. The van der Waals surface area contributed by atoms with E-state index in [-0.39, 0.29) is 5.97 Å². The van der Waals surface area contributed by atoms with E-state index in [1.807, 2.05) is 24.3 Å². The summed E-state index contributed by atoms with van der Waals surface area (Å²) in [6, 6.07) is 7.92. The third-order valence-corrected chi connectivity index (χ3v) is 4.37. The number of carbonyl (C=O) groups is 1. The molecule has 1 N–H and O–H groups in total. The number of nitrogens with one attached hydrogen (secondary N) is 1. The number of carbonyl (C=O) groups excluding carboxylic acids is 1. The fourth-order valence-electron chi connectivity index (χ4n) is 2.04. The minimum absolute atomic E-state index is 0.187. The molecule has 0 atom stereocenters. The highest BCUT2D eigenvalue weighted by Crippen LogP contribution is 2.21. The summed E-state index contributed by atoms with van der Waals surface area (Å²) >= 11 is 1.58. The Labute approximate surface area is 151 Å². The zero-order chi connectivity index (χ0) is 17.9. The van der Waals surface area contributed by atoms with Crippen molar-refractivity contribution in [1.29, 1.82) is 0 Å². The quantitative estimate of drug-likeness (QED) is 0.364. The summed E-state index contributed by atoms with van der Waals surface area (Å²) in [6.07, 6.45) is 0.364. The van der Waals surface area contributed by atoms with Gasteiger partial charge in [-0.25, -0.2) is 4.68 Å². The number of thioether (sulfide) groups is 1. The summed E-state index contributed by atoms with van der Waals surface area (Å²) in [5, 5.41) is 15.7. The van der Waals surface area contributed by atoms with Crippen LogP contribution in [0.25, 0.3) is 0 Å². The first-order chi connectivity index (χ1) is 12.2. The summed E-state index contributed by atoms with van der Waals surface area (Å²) in [6.45, 7) is 4.11. The molecule has 0 aliphatic rings. The molecule has 25 heavy (non-hydrogen) atoms. The Morgan fingerprint density at radius 3 is 2.80 bits per heavy atom. The van der Waals surface area contributed by atoms with E-state index in [1.165, 1.54) is 5.56 Å². The van der Waals surface area contributed by atoms with Gasteiger partial charge in [-0.05, 0) is 35.0 Å². The molecule has 0 aliphatic heterocycles. The predicted molar refractivity (Wildman–Crippen MR) is 94.5 cm³/mol. The zero-order valence-corrected chi connectivity index (χ0v) is 15.3. The second-order valence-electron chi connectivity index (χ2n) is 5.13. The van der Waals surface area contributed by atoms with Crippen molar-refractivity contribution in [2.75, 3.05) is 26.8 Å². The standard InChI is InChI=1S/C16H23N5O3S/c1-3-24-15(22)8-9-17-10-11-21-16(18-19-20-21)25-12-13-4-6-14(23-2)7-5-13/h4-7,17H,3,8-12H2,1-2H3. The van der Waals surface area contributed by atoms with Crippen molar-refractivity contribution in [3.05, 3.63) is 29.8 Å². The van der Waals surface area contributed by atoms with Crippen LogP contribution in [0.15, 0.2) is 29.4 Å². The molecule has 0 saturated heterocycles. The van der Waals surface area contributed by atoms with Crippen LogP contribution < -0.4 is 10.1 Å². The monoisotopic (exact) mass is 365 g/mol. The lowest BCUT2D eigenvalue weighted by Crippen LogP contribution is -2.24. The zero-order valence-electron chi connectivity index (χ0n) is 14.5. The molecule has 8 nitrogen and oxygen atoms in total. The number of methoxy groups -OCH3 is 1. The average molecular weight is 365 g/mol. The van der Waals surface area contributed by atoms with E-state index in [9.17, 15) is 4.79 Å². The first-order valence-electron chi connectivity index (χ1n) is 8.11. The summed E-state index contributed by atoms with van der Waals surface area (Å²) in [4.78, 5) is 11.2. The van der Waals surface area contributed by atoms with Gasteiger partial charge in [0.05, 0.1) is 26.7 Å². The van der Waals surface area contributed by atoms with Crippen molar-refractivity contribution in [1.82, 2.24) is 25.5 Å². The normalized spacial score (nSPS) is 10.6. The van der Waals surface area contributed by atoms with Crippen molar-refractivity contribution >= 4 is 17.7 Å². The summed E-state index contributed by atoms with van der Waals surface area (Å²) in [5.41, 5.74) is 1.17. The molecule has 2 rings (SSSR count). The maximum atomic E-state index is 11.2. The fourth-order valence-corrected chi connectivity index (χ4v) is 2.90. The van der Waals surface area contributed by atoms with Gasteiger partial charge in [0.1, 0.15) is 5.75 Å². The maximum absolute atomic E-state index is 11.2. The van der Waals surface area contributed by atoms with Crippen LogP contribution in [-0.4, -0.2) is 53.0 Å². The van der Waals surface area contributed by atoms with Crippen molar-refractivity contribution in [3.8, 4) is 5.75 Å². The number of ether oxygens (including phenoxy) is 2. The smallest absolute Gasteiger partial charge is 0.307 e. The molecule has 0 amide bonds. The van der Waals surface area contributed by atoms with Crippen LogP contribution in [0.4, 0.5) is 0 Å². The Balaban J connectivity index is 1.71. The fraction of sp³-hybridized carbons (Fsp3) is 0.500. The Kier molecular flexibility index (Phi) is 8.20.